The first kappa shape index (κ1) is 10.1. The standard InChI is InChI=1S/C11H9ClN2OS/c12-8-1-2-10-9(5-8)11-7(6-13-14-11)3-4-16(10)15/h1-2,5-6H,3-4H2,(H,13,14). The van der Waals surface area contributed by atoms with E-state index in [1.807, 2.05) is 12.1 Å². The number of hydrogen-bond donors (Lipinski definition) is 1. The minimum absolute atomic E-state index is 0.640. The van der Waals surface area contributed by atoms with Crippen molar-refractivity contribution in [3.63, 3.8) is 0 Å². The number of aryl methyl sites for hydroxylation is 1. The van der Waals surface area contributed by atoms with Gasteiger partial charge in [-0.15, -0.1) is 0 Å². The van der Waals surface area contributed by atoms with Crippen molar-refractivity contribution >= 4 is 22.4 Å². The van der Waals surface area contributed by atoms with E-state index in [0.717, 1.165) is 28.1 Å². The number of H-pyrrole nitrogens is 1. The first-order valence-electron chi connectivity index (χ1n) is 4.96. The van der Waals surface area contributed by atoms with Crippen LogP contribution in [0.3, 0.4) is 0 Å². The number of benzene rings is 1. The Bertz CT molecular complexity index is 579. The molecule has 3 nitrogen and oxygen atoms in total. The maximum atomic E-state index is 12.0. The van der Waals surface area contributed by atoms with Gasteiger partial charge in [0.25, 0.3) is 0 Å². The number of aromatic nitrogens is 2. The van der Waals surface area contributed by atoms with Crippen LogP contribution < -0.4 is 0 Å². The molecule has 5 heteroatoms. The Hall–Kier alpha value is -1.13. The van der Waals surface area contributed by atoms with E-state index in [1.54, 1.807) is 12.3 Å². The monoisotopic (exact) mass is 252 g/mol. The van der Waals surface area contributed by atoms with Crippen LogP contribution >= 0.6 is 11.6 Å². The highest BCUT2D eigenvalue weighted by molar-refractivity contribution is 7.85. The predicted octanol–water partition coefficient (Wildman–Crippen LogP) is 2.39. The molecule has 0 aliphatic carbocycles. The minimum Gasteiger partial charge on any atom is -0.278 e. The molecule has 1 N–H and O–H groups in total. The average molecular weight is 253 g/mol. The zero-order valence-electron chi connectivity index (χ0n) is 8.37. The van der Waals surface area contributed by atoms with Gasteiger partial charge >= 0.3 is 0 Å². The summed E-state index contributed by atoms with van der Waals surface area (Å²) in [6.07, 6.45) is 2.58. The van der Waals surface area contributed by atoms with Crippen molar-refractivity contribution in [3.05, 3.63) is 35.0 Å². The smallest absolute Gasteiger partial charge is 0.0695 e. The predicted molar refractivity (Wildman–Crippen MR) is 64.0 cm³/mol. The number of nitrogens with one attached hydrogen (secondary N) is 1. The highest BCUT2D eigenvalue weighted by Gasteiger charge is 2.20. The van der Waals surface area contributed by atoms with Crippen molar-refractivity contribution in [3.8, 4) is 11.3 Å². The van der Waals surface area contributed by atoms with Gasteiger partial charge in [0.15, 0.2) is 0 Å². The fraction of sp³-hybridized carbons (Fsp3) is 0.182. The molecule has 1 unspecified atom stereocenters. The highest BCUT2D eigenvalue weighted by Crippen LogP contribution is 2.33. The molecular formula is C11H9ClN2OS. The third kappa shape index (κ3) is 1.49. The maximum absolute atomic E-state index is 12.0. The zero-order chi connectivity index (χ0) is 11.1. The van der Waals surface area contributed by atoms with Crippen molar-refractivity contribution in [2.45, 2.75) is 11.3 Å². The Morgan fingerprint density at radius 1 is 1.44 bits per heavy atom. The minimum atomic E-state index is -0.952. The van der Waals surface area contributed by atoms with Gasteiger partial charge in [-0.3, -0.25) is 9.31 Å². The lowest BCUT2D eigenvalue weighted by atomic mass is 10.1. The SMILES string of the molecule is O=S1CCc2cn[nH]c2-c2cc(Cl)ccc21. The molecule has 0 saturated carbocycles. The van der Waals surface area contributed by atoms with E-state index < -0.39 is 10.8 Å². The van der Waals surface area contributed by atoms with Crippen LogP contribution in [0, 0.1) is 0 Å². The quantitative estimate of drug-likeness (QED) is 0.783. The first-order valence-corrected chi connectivity index (χ1v) is 6.66. The highest BCUT2D eigenvalue weighted by atomic mass is 35.5. The Labute approximate surface area is 100 Å². The Morgan fingerprint density at radius 2 is 2.31 bits per heavy atom. The molecule has 16 heavy (non-hydrogen) atoms. The van der Waals surface area contributed by atoms with Crippen molar-refractivity contribution in [2.75, 3.05) is 5.75 Å². The fourth-order valence-corrected chi connectivity index (χ4v) is 3.37. The molecular weight excluding hydrogens is 244 g/mol. The van der Waals surface area contributed by atoms with Crippen LogP contribution in [-0.2, 0) is 17.2 Å². The molecule has 0 radical (unpaired) electrons. The number of rotatable bonds is 0. The van der Waals surface area contributed by atoms with Crippen LogP contribution in [0.1, 0.15) is 5.56 Å². The topological polar surface area (TPSA) is 45.8 Å². The summed E-state index contributed by atoms with van der Waals surface area (Å²) in [5, 5.41) is 7.64. The van der Waals surface area contributed by atoms with Crippen molar-refractivity contribution < 1.29 is 4.21 Å². The molecule has 3 rings (SSSR count). The summed E-state index contributed by atoms with van der Waals surface area (Å²) >= 11 is 5.98. The number of hydrogen-bond acceptors (Lipinski definition) is 2. The molecule has 1 aromatic heterocycles. The van der Waals surface area contributed by atoms with E-state index in [4.69, 9.17) is 11.6 Å². The largest absolute Gasteiger partial charge is 0.278 e. The maximum Gasteiger partial charge on any atom is 0.0695 e. The van der Waals surface area contributed by atoms with Crippen LogP contribution in [0.15, 0.2) is 29.3 Å². The molecule has 0 fully saturated rings. The van der Waals surface area contributed by atoms with Gasteiger partial charge in [-0.1, -0.05) is 11.6 Å². The van der Waals surface area contributed by atoms with Crippen LogP contribution in [-0.4, -0.2) is 20.2 Å². The van der Waals surface area contributed by atoms with Crippen molar-refractivity contribution in [1.82, 2.24) is 10.2 Å². The third-order valence-electron chi connectivity index (χ3n) is 2.73. The number of fused-ring (bicyclic) bond motifs is 3. The Kier molecular flexibility index (Phi) is 2.33. The molecule has 82 valence electrons. The Morgan fingerprint density at radius 3 is 3.19 bits per heavy atom. The van der Waals surface area contributed by atoms with Crippen LogP contribution in [0.5, 0.6) is 0 Å². The summed E-state index contributed by atoms with van der Waals surface area (Å²) < 4.78 is 12.0. The van der Waals surface area contributed by atoms with Crippen molar-refractivity contribution in [1.29, 1.82) is 0 Å². The summed E-state index contributed by atoms with van der Waals surface area (Å²) in [5.41, 5.74) is 2.97. The molecule has 2 heterocycles. The van der Waals surface area contributed by atoms with Gasteiger partial charge in [-0.25, -0.2) is 0 Å². The summed E-state index contributed by atoms with van der Waals surface area (Å²) in [6.45, 7) is 0. The summed E-state index contributed by atoms with van der Waals surface area (Å²) in [5.74, 6) is 0.640. The third-order valence-corrected chi connectivity index (χ3v) is 4.39. The molecule has 0 spiro atoms. The molecule has 0 amide bonds. The van der Waals surface area contributed by atoms with E-state index in [2.05, 4.69) is 10.2 Å². The van der Waals surface area contributed by atoms with Gasteiger partial charge in [0.1, 0.15) is 0 Å². The molecule has 1 aliphatic rings. The number of nitrogens with zero attached hydrogens (tertiary/aromatic N) is 1. The van der Waals surface area contributed by atoms with Gasteiger partial charge in [-0.2, -0.15) is 5.10 Å². The van der Waals surface area contributed by atoms with E-state index in [-0.39, 0.29) is 0 Å². The number of halogens is 1. The average Bonchev–Trinajstić information content (AvgIpc) is 2.69. The summed E-state index contributed by atoms with van der Waals surface area (Å²) in [7, 11) is -0.952. The fourth-order valence-electron chi connectivity index (χ4n) is 1.94. The second-order valence-corrected chi connectivity index (χ2v) is 5.69. The van der Waals surface area contributed by atoms with Gasteiger partial charge in [0.05, 0.1) is 22.7 Å². The summed E-state index contributed by atoms with van der Waals surface area (Å²) in [6, 6.07) is 5.46. The Balaban J connectivity index is 2.32. The molecule has 1 aromatic carbocycles. The molecule has 0 saturated heterocycles. The van der Waals surface area contributed by atoms with Gasteiger partial charge in [-0.05, 0) is 30.2 Å². The van der Waals surface area contributed by atoms with Crippen molar-refractivity contribution in [2.24, 2.45) is 0 Å². The van der Waals surface area contributed by atoms with E-state index in [0.29, 0.717) is 10.8 Å². The van der Waals surface area contributed by atoms with E-state index >= 15 is 0 Å². The van der Waals surface area contributed by atoms with Crippen LogP contribution in [0.4, 0.5) is 0 Å². The molecule has 0 bridgehead atoms. The van der Waals surface area contributed by atoms with E-state index in [1.165, 1.54) is 0 Å². The molecule has 1 aliphatic heterocycles. The summed E-state index contributed by atoms with van der Waals surface area (Å²) in [4.78, 5) is 0.840. The second kappa shape index (κ2) is 3.71. The van der Waals surface area contributed by atoms with Gasteiger partial charge < -0.3 is 0 Å². The van der Waals surface area contributed by atoms with Crippen LogP contribution in [0.2, 0.25) is 5.02 Å². The lowest BCUT2D eigenvalue weighted by molar-refractivity contribution is 0.683. The second-order valence-electron chi connectivity index (χ2n) is 3.71. The lowest BCUT2D eigenvalue weighted by Gasteiger charge is -2.05. The lowest BCUT2D eigenvalue weighted by Crippen LogP contribution is -1.98. The normalized spacial score (nSPS) is 18.7. The van der Waals surface area contributed by atoms with E-state index in [9.17, 15) is 4.21 Å². The van der Waals surface area contributed by atoms with Gasteiger partial charge in [0, 0.05) is 21.2 Å². The van der Waals surface area contributed by atoms with Crippen LogP contribution in [0.25, 0.3) is 11.3 Å². The van der Waals surface area contributed by atoms with Gasteiger partial charge in [0.2, 0.25) is 0 Å². The number of aromatic amines is 1. The molecule has 1 atom stereocenters. The molecule has 2 aromatic rings. The first-order chi connectivity index (χ1) is 7.75. The zero-order valence-corrected chi connectivity index (χ0v) is 9.94.